The topological polar surface area (TPSA) is 237 Å². The van der Waals surface area contributed by atoms with Gasteiger partial charge in [0, 0.05) is 25.7 Å². The fourth-order valence-corrected chi connectivity index (χ4v) is 11.4. The SMILES string of the molecule is CC/C=C\C/C=C\C/C=C\CCCCCCCCCC(=O)OCC(COP(=O)(O)OCC(O)COP(=O)(O)OCC(COC(=O)CCCCCCC/C=C\CCCC)OC(=O)CCCCCCCCCCCCC)OC(=O)CCCCCCC/C=C\CCCCCC. The van der Waals surface area contributed by atoms with Crippen molar-refractivity contribution in [3.63, 3.8) is 0 Å². The fraction of sp³-hybridized carbons (Fsp3) is 0.808. The zero-order valence-electron chi connectivity index (χ0n) is 58.2. The van der Waals surface area contributed by atoms with Crippen LogP contribution in [0.4, 0.5) is 0 Å². The van der Waals surface area contributed by atoms with Crippen molar-refractivity contribution in [2.45, 2.75) is 341 Å². The second-order valence-electron chi connectivity index (χ2n) is 24.5. The van der Waals surface area contributed by atoms with Gasteiger partial charge in [-0.3, -0.25) is 37.3 Å². The molecule has 0 radical (unpaired) electrons. The monoisotopic (exact) mass is 1340 g/mol. The van der Waals surface area contributed by atoms with Gasteiger partial charge < -0.3 is 33.8 Å². The summed E-state index contributed by atoms with van der Waals surface area (Å²) in [5.41, 5.74) is 0. The number of ether oxygens (including phenoxy) is 4. The molecule has 0 heterocycles. The molecule has 0 rings (SSSR count). The molecule has 0 amide bonds. The van der Waals surface area contributed by atoms with Gasteiger partial charge >= 0.3 is 39.5 Å². The van der Waals surface area contributed by atoms with E-state index in [1.165, 1.54) is 77.0 Å². The van der Waals surface area contributed by atoms with Crippen LogP contribution in [0.2, 0.25) is 0 Å². The van der Waals surface area contributed by atoms with Gasteiger partial charge in [-0.2, -0.15) is 0 Å². The molecule has 0 fully saturated rings. The number of carbonyl (C=O) groups is 4. The molecule has 0 aliphatic heterocycles. The van der Waals surface area contributed by atoms with Gasteiger partial charge in [-0.15, -0.1) is 0 Å². The van der Waals surface area contributed by atoms with Crippen molar-refractivity contribution >= 4 is 39.5 Å². The Morgan fingerprint density at radius 3 is 0.924 bits per heavy atom. The van der Waals surface area contributed by atoms with E-state index < -0.39 is 97.5 Å². The second kappa shape index (κ2) is 66.4. The second-order valence-corrected chi connectivity index (χ2v) is 27.4. The molecule has 0 aliphatic carbocycles. The Kier molecular flexibility index (Phi) is 64.0. The van der Waals surface area contributed by atoms with Gasteiger partial charge in [-0.25, -0.2) is 9.13 Å². The number of hydrogen-bond acceptors (Lipinski definition) is 15. The van der Waals surface area contributed by atoms with E-state index in [9.17, 15) is 43.2 Å². The molecule has 0 saturated carbocycles. The molecule has 0 saturated heterocycles. The van der Waals surface area contributed by atoms with Crippen LogP contribution in [0.5, 0.6) is 0 Å². The van der Waals surface area contributed by atoms with Crippen LogP contribution in [0.1, 0.15) is 323 Å². The van der Waals surface area contributed by atoms with Gasteiger partial charge in [0.25, 0.3) is 0 Å². The smallest absolute Gasteiger partial charge is 0.462 e. The number of phosphoric ester groups is 2. The molecule has 0 bridgehead atoms. The molecule has 0 aromatic carbocycles. The van der Waals surface area contributed by atoms with E-state index in [1.54, 1.807) is 0 Å². The highest BCUT2D eigenvalue weighted by atomic mass is 31.2. The summed E-state index contributed by atoms with van der Waals surface area (Å²) in [7, 11) is -9.93. The maximum atomic E-state index is 13.0. The summed E-state index contributed by atoms with van der Waals surface area (Å²) in [4.78, 5) is 72.6. The fourth-order valence-electron chi connectivity index (χ4n) is 9.86. The third-order valence-corrected chi connectivity index (χ3v) is 17.4. The van der Waals surface area contributed by atoms with Crippen molar-refractivity contribution in [1.82, 2.24) is 0 Å². The van der Waals surface area contributed by atoms with E-state index >= 15 is 0 Å². The largest absolute Gasteiger partial charge is 0.472 e. The molecule has 5 unspecified atom stereocenters. The van der Waals surface area contributed by atoms with Crippen LogP contribution >= 0.6 is 15.6 Å². The van der Waals surface area contributed by atoms with Crippen molar-refractivity contribution in [2.75, 3.05) is 39.6 Å². The standard InChI is InChI=1S/C73H132O17P2/c1-5-9-13-17-21-25-29-31-32-33-34-36-39-42-46-50-54-58-71(76)84-64-69(90-73(78)60-56-52-48-44-40-35-30-26-22-18-14-10-6-2)66-88-92(81,82)86-62-67(74)61-85-91(79,80)87-65-68(89-72(77)59-55-51-47-43-38-28-24-20-16-12-8-4)63-83-70(75)57-53-49-45-41-37-27-23-19-15-11-7-3/h9,13,19,21,23,25-26,30-32,67-69,74H,5-8,10-12,14-18,20,22,24,27-29,33-66H2,1-4H3,(H,79,80)(H,81,82)/b13-9-,23-19-,25-21-,30-26-,32-31-. The number of carbonyl (C=O) groups excluding carboxylic acids is 4. The summed E-state index contributed by atoms with van der Waals surface area (Å²) >= 11 is 0. The summed E-state index contributed by atoms with van der Waals surface area (Å²) in [5, 5.41) is 10.6. The number of aliphatic hydroxyl groups is 1. The lowest BCUT2D eigenvalue weighted by Gasteiger charge is -2.21. The van der Waals surface area contributed by atoms with E-state index in [1.807, 2.05) is 0 Å². The molecule has 5 atom stereocenters. The predicted octanol–water partition coefficient (Wildman–Crippen LogP) is 20.3. The van der Waals surface area contributed by atoms with Gasteiger partial charge in [0.15, 0.2) is 12.2 Å². The highest BCUT2D eigenvalue weighted by molar-refractivity contribution is 7.47. The normalized spacial score (nSPS) is 14.4. The van der Waals surface area contributed by atoms with Crippen LogP contribution < -0.4 is 0 Å². The van der Waals surface area contributed by atoms with Gasteiger partial charge in [0.2, 0.25) is 0 Å². The average Bonchev–Trinajstić information content (AvgIpc) is 2.89. The third-order valence-electron chi connectivity index (χ3n) is 15.5. The Morgan fingerprint density at radius 2 is 0.576 bits per heavy atom. The zero-order valence-corrected chi connectivity index (χ0v) is 60.0. The van der Waals surface area contributed by atoms with Gasteiger partial charge in [0.1, 0.15) is 19.3 Å². The van der Waals surface area contributed by atoms with E-state index in [4.69, 9.17) is 37.0 Å². The first-order chi connectivity index (χ1) is 44.7. The number of hydrogen-bond donors (Lipinski definition) is 3. The number of aliphatic hydroxyl groups excluding tert-OH is 1. The number of rotatable bonds is 69. The lowest BCUT2D eigenvalue weighted by atomic mass is 10.1. The van der Waals surface area contributed by atoms with Crippen molar-refractivity contribution in [2.24, 2.45) is 0 Å². The Hall–Kier alpha value is -3.24. The number of allylic oxidation sites excluding steroid dienone is 10. The minimum atomic E-state index is -4.97. The number of unbranched alkanes of at least 4 members (excludes halogenated alkanes) is 33. The summed E-state index contributed by atoms with van der Waals surface area (Å²) in [6.45, 7) is 4.70. The van der Waals surface area contributed by atoms with E-state index in [0.717, 1.165) is 167 Å². The molecule has 17 nitrogen and oxygen atoms in total. The van der Waals surface area contributed by atoms with Crippen LogP contribution in [0.3, 0.4) is 0 Å². The lowest BCUT2D eigenvalue weighted by Crippen LogP contribution is -2.30. The third kappa shape index (κ3) is 65.4. The van der Waals surface area contributed by atoms with Crippen LogP contribution in [-0.4, -0.2) is 96.7 Å². The molecular formula is C73H132O17P2. The molecular weight excluding hydrogens is 1210 g/mol. The first-order valence-corrected chi connectivity index (χ1v) is 39.5. The minimum absolute atomic E-state index is 0.0860. The maximum absolute atomic E-state index is 13.0. The van der Waals surface area contributed by atoms with E-state index in [0.29, 0.717) is 25.7 Å². The quantitative estimate of drug-likeness (QED) is 0.0169. The lowest BCUT2D eigenvalue weighted by molar-refractivity contribution is -0.161. The van der Waals surface area contributed by atoms with Crippen LogP contribution in [0.25, 0.3) is 0 Å². The first-order valence-electron chi connectivity index (χ1n) is 36.5. The van der Waals surface area contributed by atoms with Gasteiger partial charge in [-0.1, -0.05) is 255 Å². The van der Waals surface area contributed by atoms with Crippen molar-refractivity contribution < 1.29 is 80.2 Å². The molecule has 0 aromatic heterocycles. The van der Waals surface area contributed by atoms with Crippen molar-refractivity contribution in [3.8, 4) is 0 Å². The van der Waals surface area contributed by atoms with Gasteiger partial charge in [-0.05, 0) is 103 Å². The van der Waals surface area contributed by atoms with Crippen LogP contribution in [0, 0.1) is 0 Å². The predicted molar refractivity (Wildman–Crippen MR) is 372 cm³/mol. The average molecular weight is 1340 g/mol. The highest BCUT2D eigenvalue weighted by Crippen LogP contribution is 2.45. The Morgan fingerprint density at radius 1 is 0.315 bits per heavy atom. The molecule has 92 heavy (non-hydrogen) atoms. The Labute approximate surface area is 559 Å². The highest BCUT2D eigenvalue weighted by Gasteiger charge is 2.30. The van der Waals surface area contributed by atoms with Crippen molar-refractivity contribution in [1.29, 1.82) is 0 Å². The Bertz CT molecular complexity index is 1990. The summed E-state index contributed by atoms with van der Waals surface area (Å²) in [6, 6.07) is 0. The minimum Gasteiger partial charge on any atom is -0.462 e. The zero-order chi connectivity index (χ0) is 67.5. The van der Waals surface area contributed by atoms with Crippen molar-refractivity contribution in [3.05, 3.63) is 60.8 Å². The van der Waals surface area contributed by atoms with Crippen LogP contribution in [0.15, 0.2) is 60.8 Å². The van der Waals surface area contributed by atoms with E-state index in [-0.39, 0.29) is 25.7 Å². The summed E-state index contributed by atoms with van der Waals surface area (Å²) in [5.74, 6) is -2.18. The molecule has 0 aromatic rings. The van der Waals surface area contributed by atoms with Gasteiger partial charge in [0.05, 0.1) is 26.4 Å². The van der Waals surface area contributed by atoms with E-state index in [2.05, 4.69) is 88.5 Å². The first kappa shape index (κ1) is 88.8. The van der Waals surface area contributed by atoms with Crippen LogP contribution in [-0.2, 0) is 65.4 Å². The molecule has 19 heteroatoms. The molecule has 3 N–H and O–H groups in total. The maximum Gasteiger partial charge on any atom is 0.472 e. The number of esters is 4. The molecule has 0 spiro atoms. The molecule has 536 valence electrons. The number of phosphoric acid groups is 2. The summed E-state index contributed by atoms with van der Waals surface area (Å²) < 4.78 is 68.3. The molecule has 0 aliphatic rings. The summed E-state index contributed by atoms with van der Waals surface area (Å²) in [6.07, 6.45) is 62.3. The Balaban J connectivity index is 5.29.